The number of hydrogen-bond donors (Lipinski definition) is 2. The van der Waals surface area contributed by atoms with Crippen molar-refractivity contribution in [1.29, 1.82) is 0 Å². The molecule has 80 valence electrons. The first-order valence-corrected chi connectivity index (χ1v) is 5.17. The highest BCUT2D eigenvalue weighted by molar-refractivity contribution is 9.10. The van der Waals surface area contributed by atoms with Gasteiger partial charge in [0.05, 0.1) is 6.54 Å². The van der Waals surface area contributed by atoms with Crippen LogP contribution in [0.4, 0.5) is 10.5 Å². The number of carbonyl (C=O) groups excluding carboxylic acids is 2. The number of anilines is 1. The van der Waals surface area contributed by atoms with E-state index in [0.29, 0.717) is 5.69 Å². The molecule has 0 saturated heterocycles. The highest BCUT2D eigenvalue weighted by atomic mass is 79.9. The van der Waals surface area contributed by atoms with Crippen LogP contribution in [-0.2, 0) is 4.79 Å². The molecule has 5 heteroatoms. The average molecular weight is 271 g/mol. The normalized spacial score (nSPS) is 9.47. The minimum atomic E-state index is -0.386. The number of halogens is 1. The van der Waals surface area contributed by atoms with Crippen molar-refractivity contribution in [3.8, 4) is 0 Å². The van der Waals surface area contributed by atoms with E-state index < -0.39 is 0 Å². The van der Waals surface area contributed by atoms with Gasteiger partial charge in [0.1, 0.15) is 5.78 Å². The average Bonchev–Trinajstić information content (AvgIpc) is 2.15. The largest absolute Gasteiger partial charge is 0.331 e. The molecule has 0 aliphatic rings. The van der Waals surface area contributed by atoms with E-state index in [0.717, 1.165) is 4.47 Å². The Labute approximate surface area is 96.2 Å². The lowest BCUT2D eigenvalue weighted by atomic mass is 10.3. The molecule has 0 fully saturated rings. The lowest BCUT2D eigenvalue weighted by Gasteiger charge is -2.06. The highest BCUT2D eigenvalue weighted by Crippen LogP contribution is 2.15. The summed E-state index contributed by atoms with van der Waals surface area (Å²) in [4.78, 5) is 21.8. The molecule has 0 heterocycles. The summed E-state index contributed by atoms with van der Waals surface area (Å²) in [5.74, 6) is -0.0839. The van der Waals surface area contributed by atoms with E-state index >= 15 is 0 Å². The molecule has 0 bridgehead atoms. The topological polar surface area (TPSA) is 58.2 Å². The molecule has 1 aromatic rings. The molecule has 0 unspecified atom stereocenters. The van der Waals surface area contributed by atoms with Crippen LogP contribution in [0.3, 0.4) is 0 Å². The van der Waals surface area contributed by atoms with Gasteiger partial charge < -0.3 is 10.6 Å². The second-order valence-electron chi connectivity index (χ2n) is 3.02. The van der Waals surface area contributed by atoms with Crippen LogP contribution in [0.1, 0.15) is 6.92 Å². The van der Waals surface area contributed by atoms with E-state index in [1.165, 1.54) is 6.92 Å². The van der Waals surface area contributed by atoms with Crippen LogP contribution in [0, 0.1) is 0 Å². The van der Waals surface area contributed by atoms with Crippen molar-refractivity contribution in [2.45, 2.75) is 6.92 Å². The molecular weight excluding hydrogens is 260 g/mol. The zero-order valence-electron chi connectivity index (χ0n) is 8.21. The van der Waals surface area contributed by atoms with Crippen LogP contribution in [0.25, 0.3) is 0 Å². The fraction of sp³-hybridized carbons (Fsp3) is 0.200. The fourth-order valence-corrected chi connectivity index (χ4v) is 1.35. The number of benzene rings is 1. The van der Waals surface area contributed by atoms with Crippen LogP contribution in [0.5, 0.6) is 0 Å². The van der Waals surface area contributed by atoms with Crippen molar-refractivity contribution in [1.82, 2.24) is 5.32 Å². The quantitative estimate of drug-likeness (QED) is 0.885. The molecule has 2 N–H and O–H groups in total. The zero-order chi connectivity index (χ0) is 11.3. The maximum absolute atomic E-state index is 11.2. The first kappa shape index (κ1) is 11.7. The lowest BCUT2D eigenvalue weighted by Crippen LogP contribution is -2.32. The number of hydrogen-bond acceptors (Lipinski definition) is 2. The Kier molecular flexibility index (Phi) is 4.30. The summed E-state index contributed by atoms with van der Waals surface area (Å²) >= 11 is 3.29. The van der Waals surface area contributed by atoms with Crippen molar-refractivity contribution in [2.75, 3.05) is 11.9 Å². The summed E-state index contributed by atoms with van der Waals surface area (Å²) in [6.07, 6.45) is 0. The lowest BCUT2D eigenvalue weighted by molar-refractivity contribution is -0.116. The zero-order valence-corrected chi connectivity index (χ0v) is 9.80. The van der Waals surface area contributed by atoms with Gasteiger partial charge in [0.2, 0.25) is 0 Å². The number of urea groups is 1. The monoisotopic (exact) mass is 270 g/mol. The Balaban J connectivity index is 2.48. The number of carbonyl (C=O) groups is 2. The maximum Gasteiger partial charge on any atom is 0.319 e. The predicted molar refractivity (Wildman–Crippen MR) is 61.8 cm³/mol. The second kappa shape index (κ2) is 5.50. The third kappa shape index (κ3) is 4.60. The van der Waals surface area contributed by atoms with Gasteiger partial charge in [-0.05, 0) is 25.1 Å². The minimum absolute atomic E-state index is 0.0415. The van der Waals surface area contributed by atoms with Gasteiger partial charge in [-0.25, -0.2) is 4.79 Å². The number of rotatable bonds is 3. The van der Waals surface area contributed by atoms with Gasteiger partial charge in [0.15, 0.2) is 0 Å². The van der Waals surface area contributed by atoms with Gasteiger partial charge in [-0.3, -0.25) is 4.79 Å². The number of amides is 2. The van der Waals surface area contributed by atoms with Crippen molar-refractivity contribution >= 4 is 33.4 Å². The molecule has 0 aromatic heterocycles. The van der Waals surface area contributed by atoms with Crippen molar-refractivity contribution in [3.05, 3.63) is 28.7 Å². The molecule has 0 aliphatic carbocycles. The van der Waals surface area contributed by atoms with E-state index in [-0.39, 0.29) is 18.4 Å². The standard InChI is InChI=1S/C10H11BrN2O2/c1-7(14)6-12-10(15)13-9-4-2-3-8(11)5-9/h2-5H,6H2,1H3,(H2,12,13,15). The first-order chi connectivity index (χ1) is 7.08. The highest BCUT2D eigenvalue weighted by Gasteiger charge is 2.02. The molecule has 0 atom stereocenters. The van der Waals surface area contributed by atoms with Gasteiger partial charge >= 0.3 is 6.03 Å². The SMILES string of the molecule is CC(=O)CNC(=O)Nc1cccc(Br)c1. The summed E-state index contributed by atoms with van der Waals surface area (Å²) in [7, 11) is 0. The van der Waals surface area contributed by atoms with E-state index in [9.17, 15) is 9.59 Å². The van der Waals surface area contributed by atoms with E-state index in [2.05, 4.69) is 26.6 Å². The summed E-state index contributed by atoms with van der Waals surface area (Å²) in [5.41, 5.74) is 0.672. The van der Waals surface area contributed by atoms with Crippen LogP contribution >= 0.6 is 15.9 Å². The van der Waals surface area contributed by atoms with Crippen LogP contribution in [-0.4, -0.2) is 18.4 Å². The van der Waals surface area contributed by atoms with Gasteiger partial charge in [0, 0.05) is 10.2 Å². The summed E-state index contributed by atoms with van der Waals surface area (Å²) in [5, 5.41) is 5.04. The third-order valence-electron chi connectivity index (χ3n) is 1.58. The Hall–Kier alpha value is -1.36. The van der Waals surface area contributed by atoms with Crippen LogP contribution in [0.2, 0.25) is 0 Å². The summed E-state index contributed by atoms with van der Waals surface area (Å²) in [6.45, 7) is 1.46. The van der Waals surface area contributed by atoms with Crippen molar-refractivity contribution < 1.29 is 9.59 Å². The molecule has 0 radical (unpaired) electrons. The third-order valence-corrected chi connectivity index (χ3v) is 2.07. The smallest absolute Gasteiger partial charge is 0.319 e. The maximum atomic E-state index is 11.2. The fourth-order valence-electron chi connectivity index (χ4n) is 0.946. The Morgan fingerprint density at radius 1 is 1.40 bits per heavy atom. The molecule has 0 spiro atoms. The van der Waals surface area contributed by atoms with E-state index in [1.807, 2.05) is 12.1 Å². The van der Waals surface area contributed by atoms with Crippen molar-refractivity contribution in [2.24, 2.45) is 0 Å². The van der Waals surface area contributed by atoms with Crippen molar-refractivity contribution in [3.63, 3.8) is 0 Å². The number of nitrogens with one attached hydrogen (secondary N) is 2. The molecule has 4 nitrogen and oxygen atoms in total. The van der Waals surface area contributed by atoms with Gasteiger partial charge in [-0.15, -0.1) is 0 Å². The molecule has 15 heavy (non-hydrogen) atoms. The molecule has 1 rings (SSSR count). The molecule has 2 amide bonds. The Bertz CT molecular complexity index is 379. The molecule has 1 aromatic carbocycles. The minimum Gasteiger partial charge on any atom is -0.331 e. The predicted octanol–water partition coefficient (Wildman–Crippen LogP) is 2.16. The molecule has 0 aliphatic heterocycles. The Morgan fingerprint density at radius 2 is 2.13 bits per heavy atom. The Morgan fingerprint density at radius 3 is 2.73 bits per heavy atom. The summed E-state index contributed by atoms with van der Waals surface area (Å²) in [6, 6.07) is 6.82. The second-order valence-corrected chi connectivity index (χ2v) is 3.94. The van der Waals surface area contributed by atoms with E-state index in [4.69, 9.17) is 0 Å². The van der Waals surface area contributed by atoms with Gasteiger partial charge in [-0.1, -0.05) is 22.0 Å². The number of ketones is 1. The van der Waals surface area contributed by atoms with E-state index in [1.54, 1.807) is 12.1 Å². The summed E-state index contributed by atoms with van der Waals surface area (Å²) < 4.78 is 0.881. The number of Topliss-reactive ketones (excluding diaryl/α,β-unsaturated/α-hetero) is 1. The first-order valence-electron chi connectivity index (χ1n) is 4.38. The van der Waals surface area contributed by atoms with Crippen LogP contribution in [0.15, 0.2) is 28.7 Å². The van der Waals surface area contributed by atoms with Gasteiger partial charge in [0.25, 0.3) is 0 Å². The molecule has 0 saturated carbocycles. The van der Waals surface area contributed by atoms with Crippen LogP contribution < -0.4 is 10.6 Å². The van der Waals surface area contributed by atoms with Gasteiger partial charge in [-0.2, -0.15) is 0 Å². The molecular formula is C10H11BrN2O2.